The van der Waals surface area contributed by atoms with Gasteiger partial charge in [0.25, 0.3) is 0 Å². The number of rotatable bonds is 4. The highest BCUT2D eigenvalue weighted by Gasteiger charge is 2.59. The molecule has 4 aliphatic carbocycles. The second kappa shape index (κ2) is 6.26. The Morgan fingerprint density at radius 2 is 1.50 bits per heavy atom. The molecule has 0 heterocycles. The first-order valence-electron chi connectivity index (χ1n) is 10.00. The van der Waals surface area contributed by atoms with Gasteiger partial charge < -0.3 is 4.74 Å². The number of carbonyl (C=O) groups is 1. The van der Waals surface area contributed by atoms with Gasteiger partial charge in [-0.1, -0.05) is 60.7 Å². The first-order chi connectivity index (χ1) is 12.7. The lowest BCUT2D eigenvalue weighted by atomic mass is 9.45. The number of carbonyl (C=O) groups excluding carboxylic acids is 1. The molecule has 4 saturated carbocycles. The minimum Gasteiger partial charge on any atom is -0.460 e. The molecular weight excluding hydrogens is 320 g/mol. The van der Waals surface area contributed by atoms with Crippen molar-refractivity contribution in [1.29, 1.82) is 0 Å². The Bertz CT molecular complexity index is 766. The fourth-order valence-electron chi connectivity index (χ4n) is 6.37. The Labute approximate surface area is 155 Å². The first-order valence-corrected chi connectivity index (χ1v) is 10.00. The van der Waals surface area contributed by atoms with Gasteiger partial charge in [-0.15, -0.1) is 0 Å². The van der Waals surface area contributed by atoms with Gasteiger partial charge in [-0.05, 0) is 66.9 Å². The van der Waals surface area contributed by atoms with E-state index in [4.69, 9.17) is 4.74 Å². The fraction of sp³-hybridized carbons (Fsp3) is 0.458. The highest BCUT2D eigenvalue weighted by molar-refractivity contribution is 5.77. The first kappa shape index (κ1) is 16.1. The minimum absolute atomic E-state index is 0.0623. The van der Waals surface area contributed by atoms with Crippen LogP contribution in [0, 0.1) is 23.2 Å². The van der Waals surface area contributed by atoms with E-state index >= 15 is 0 Å². The third-order valence-electron chi connectivity index (χ3n) is 7.10. The summed E-state index contributed by atoms with van der Waals surface area (Å²) >= 11 is 0. The van der Waals surface area contributed by atoms with Crippen molar-refractivity contribution in [3.8, 4) is 0 Å². The summed E-state index contributed by atoms with van der Waals surface area (Å²) in [6.07, 6.45) is 5.68. The molecule has 0 N–H and O–H groups in total. The number of benzene rings is 2. The maximum absolute atomic E-state index is 13.1. The Balaban J connectivity index is 1.34. The zero-order valence-corrected chi connectivity index (χ0v) is 15.1. The van der Waals surface area contributed by atoms with E-state index in [0.29, 0.717) is 24.4 Å². The summed E-state index contributed by atoms with van der Waals surface area (Å²) in [6, 6.07) is 21.0. The van der Waals surface area contributed by atoms with Crippen LogP contribution in [0.15, 0.2) is 60.7 Å². The lowest BCUT2D eigenvalue weighted by molar-refractivity contribution is -0.174. The monoisotopic (exact) mass is 346 g/mol. The van der Waals surface area contributed by atoms with Crippen molar-refractivity contribution in [2.45, 2.75) is 44.6 Å². The van der Waals surface area contributed by atoms with E-state index in [-0.39, 0.29) is 11.4 Å². The number of ether oxygens (including phenoxy) is 1. The molecular formula is C24H26O2. The highest BCUT2D eigenvalue weighted by atomic mass is 16.5. The molecule has 0 saturated heterocycles. The molecule has 2 aromatic rings. The second-order valence-electron chi connectivity index (χ2n) is 8.75. The molecule has 2 unspecified atom stereocenters. The topological polar surface area (TPSA) is 26.3 Å². The van der Waals surface area contributed by atoms with E-state index in [1.54, 1.807) is 0 Å². The molecule has 0 aliphatic heterocycles. The molecule has 4 aliphatic rings. The zero-order chi connectivity index (χ0) is 17.6. The summed E-state index contributed by atoms with van der Waals surface area (Å²) in [5, 5.41) is 0. The molecule has 134 valence electrons. The maximum atomic E-state index is 13.1. The van der Waals surface area contributed by atoms with E-state index in [1.165, 1.54) is 18.4 Å². The largest absolute Gasteiger partial charge is 0.460 e. The van der Waals surface area contributed by atoms with Crippen molar-refractivity contribution < 1.29 is 9.53 Å². The van der Waals surface area contributed by atoms with Gasteiger partial charge in [-0.2, -0.15) is 0 Å². The van der Waals surface area contributed by atoms with Gasteiger partial charge in [0.15, 0.2) is 0 Å². The summed E-state index contributed by atoms with van der Waals surface area (Å²) in [4.78, 5) is 13.1. The van der Waals surface area contributed by atoms with Crippen LogP contribution in [0.5, 0.6) is 0 Å². The van der Waals surface area contributed by atoms with E-state index in [0.717, 1.165) is 30.7 Å². The second-order valence-corrected chi connectivity index (χ2v) is 8.75. The quantitative estimate of drug-likeness (QED) is 0.699. The van der Waals surface area contributed by atoms with Crippen LogP contribution >= 0.6 is 0 Å². The van der Waals surface area contributed by atoms with Gasteiger partial charge in [-0.25, -0.2) is 0 Å². The Morgan fingerprint density at radius 1 is 0.885 bits per heavy atom. The lowest BCUT2D eigenvalue weighted by Gasteiger charge is -2.59. The van der Waals surface area contributed by atoms with Crippen molar-refractivity contribution in [3.05, 3.63) is 71.8 Å². The molecule has 26 heavy (non-hydrogen) atoms. The standard InChI is InChI=1S/C24H26O2/c25-23(26-16-17-7-3-1-4-8-17)24-13-18-11-20(14-24)22(21(12-18)15-24)19-9-5-2-6-10-19/h1-10,18,20-22H,11-16H2. The molecule has 0 spiro atoms. The molecule has 2 aromatic carbocycles. The smallest absolute Gasteiger partial charge is 0.312 e. The normalized spacial score (nSPS) is 34.6. The van der Waals surface area contributed by atoms with Crippen LogP contribution in [0.25, 0.3) is 0 Å². The van der Waals surface area contributed by atoms with Gasteiger partial charge in [0, 0.05) is 0 Å². The average Bonchev–Trinajstić information content (AvgIpc) is 2.67. The summed E-state index contributed by atoms with van der Waals surface area (Å²) in [5.41, 5.74) is 2.35. The van der Waals surface area contributed by atoms with Crippen LogP contribution in [-0.2, 0) is 16.1 Å². The van der Waals surface area contributed by atoms with E-state index in [9.17, 15) is 4.79 Å². The van der Waals surface area contributed by atoms with Crippen LogP contribution < -0.4 is 0 Å². The molecule has 0 radical (unpaired) electrons. The maximum Gasteiger partial charge on any atom is 0.312 e. The number of esters is 1. The molecule has 0 amide bonds. The van der Waals surface area contributed by atoms with Gasteiger partial charge in [0.1, 0.15) is 6.61 Å². The number of hydrogen-bond donors (Lipinski definition) is 0. The van der Waals surface area contributed by atoms with Crippen LogP contribution in [-0.4, -0.2) is 5.97 Å². The predicted molar refractivity (Wildman–Crippen MR) is 101 cm³/mol. The van der Waals surface area contributed by atoms with Crippen LogP contribution in [0.3, 0.4) is 0 Å². The van der Waals surface area contributed by atoms with Crippen molar-refractivity contribution in [2.75, 3.05) is 0 Å². The van der Waals surface area contributed by atoms with Crippen LogP contribution in [0.4, 0.5) is 0 Å². The number of hydrogen-bond acceptors (Lipinski definition) is 2. The van der Waals surface area contributed by atoms with Crippen molar-refractivity contribution in [2.24, 2.45) is 23.2 Å². The SMILES string of the molecule is O=C(OCc1ccccc1)C12CC3CC(C1)C(c1ccccc1)C(C3)C2. The summed E-state index contributed by atoms with van der Waals surface area (Å²) < 4.78 is 5.81. The third-order valence-corrected chi connectivity index (χ3v) is 7.10. The zero-order valence-electron chi connectivity index (χ0n) is 15.1. The molecule has 2 heteroatoms. The molecule has 6 rings (SSSR count). The third kappa shape index (κ3) is 2.67. The average molecular weight is 346 g/mol. The van der Waals surface area contributed by atoms with Gasteiger partial charge in [0.2, 0.25) is 0 Å². The molecule has 2 nitrogen and oxygen atoms in total. The van der Waals surface area contributed by atoms with Gasteiger partial charge in [0.05, 0.1) is 5.41 Å². The molecule has 2 atom stereocenters. The van der Waals surface area contributed by atoms with Crippen LogP contribution in [0.2, 0.25) is 0 Å². The van der Waals surface area contributed by atoms with Crippen molar-refractivity contribution in [1.82, 2.24) is 0 Å². The predicted octanol–water partition coefficient (Wildman–Crippen LogP) is 5.34. The minimum atomic E-state index is -0.212. The summed E-state index contributed by atoms with van der Waals surface area (Å²) in [7, 11) is 0. The van der Waals surface area contributed by atoms with Gasteiger partial charge in [-0.3, -0.25) is 4.79 Å². The summed E-state index contributed by atoms with van der Waals surface area (Å²) in [6.45, 7) is 0.406. The Morgan fingerprint density at radius 3 is 2.15 bits per heavy atom. The van der Waals surface area contributed by atoms with E-state index < -0.39 is 0 Å². The van der Waals surface area contributed by atoms with Gasteiger partial charge >= 0.3 is 5.97 Å². The van der Waals surface area contributed by atoms with Crippen LogP contribution in [0.1, 0.15) is 49.1 Å². The Hall–Kier alpha value is -2.09. The molecule has 4 bridgehead atoms. The molecule has 0 aromatic heterocycles. The highest BCUT2D eigenvalue weighted by Crippen LogP contribution is 2.65. The lowest BCUT2D eigenvalue weighted by Crippen LogP contribution is -2.53. The van der Waals surface area contributed by atoms with Crippen molar-refractivity contribution >= 4 is 5.97 Å². The van der Waals surface area contributed by atoms with E-state index in [1.807, 2.05) is 30.3 Å². The Kier molecular flexibility index (Phi) is 3.88. The molecule has 4 fully saturated rings. The fourth-order valence-corrected chi connectivity index (χ4v) is 6.37. The van der Waals surface area contributed by atoms with E-state index in [2.05, 4.69) is 30.3 Å². The summed E-state index contributed by atoms with van der Waals surface area (Å²) in [5.74, 6) is 2.72. The van der Waals surface area contributed by atoms with Crippen molar-refractivity contribution in [3.63, 3.8) is 0 Å².